The number of nitrogens with two attached hydrogens (primary N) is 1. The minimum atomic E-state index is -0.232. The monoisotopic (exact) mass is 284 g/mol. The van der Waals surface area contributed by atoms with E-state index < -0.39 is 0 Å². The normalized spacial score (nSPS) is 12.7. The van der Waals surface area contributed by atoms with Gasteiger partial charge in [-0.25, -0.2) is 5.43 Å². The summed E-state index contributed by atoms with van der Waals surface area (Å²) in [6.07, 6.45) is 1.77. The van der Waals surface area contributed by atoms with E-state index in [1.807, 2.05) is 14.0 Å². The standard InChI is InChI=1S/C12H14Cl2N4/c1-7-10(6-16-18(7)2)12(17-15)9-5-8(13)3-4-11(9)14/h3-6,12,17H,15H2,1-2H3. The fourth-order valence-corrected chi connectivity index (χ4v) is 2.29. The lowest BCUT2D eigenvalue weighted by atomic mass is 10.00. The van der Waals surface area contributed by atoms with Crippen LogP contribution in [0.4, 0.5) is 0 Å². The molecule has 96 valence electrons. The summed E-state index contributed by atoms with van der Waals surface area (Å²) in [6, 6.07) is 5.08. The molecule has 0 aliphatic rings. The number of hydrazine groups is 1. The maximum absolute atomic E-state index is 6.20. The molecule has 3 N–H and O–H groups in total. The Morgan fingerprint density at radius 3 is 2.61 bits per heavy atom. The van der Waals surface area contributed by atoms with Crippen LogP contribution in [-0.2, 0) is 7.05 Å². The summed E-state index contributed by atoms with van der Waals surface area (Å²) >= 11 is 12.2. The van der Waals surface area contributed by atoms with Gasteiger partial charge in [0.25, 0.3) is 0 Å². The molecule has 2 rings (SSSR count). The summed E-state index contributed by atoms with van der Waals surface area (Å²) in [5.41, 5.74) is 5.59. The molecule has 1 unspecified atom stereocenters. The molecule has 0 spiro atoms. The summed E-state index contributed by atoms with van der Waals surface area (Å²) in [7, 11) is 1.88. The number of hydrogen-bond donors (Lipinski definition) is 2. The van der Waals surface area contributed by atoms with E-state index in [1.54, 1.807) is 29.1 Å². The van der Waals surface area contributed by atoms with Crippen molar-refractivity contribution in [3.63, 3.8) is 0 Å². The number of aryl methyl sites for hydroxylation is 1. The van der Waals surface area contributed by atoms with Gasteiger partial charge in [0.1, 0.15) is 0 Å². The first-order chi connectivity index (χ1) is 8.54. The predicted molar refractivity (Wildman–Crippen MR) is 73.6 cm³/mol. The molecule has 1 heterocycles. The quantitative estimate of drug-likeness (QED) is 0.673. The van der Waals surface area contributed by atoms with E-state index in [4.69, 9.17) is 29.0 Å². The van der Waals surface area contributed by atoms with Gasteiger partial charge in [-0.1, -0.05) is 23.2 Å². The molecule has 1 aromatic carbocycles. The molecule has 1 atom stereocenters. The fraction of sp³-hybridized carbons (Fsp3) is 0.250. The van der Waals surface area contributed by atoms with E-state index in [0.29, 0.717) is 10.0 Å². The van der Waals surface area contributed by atoms with E-state index in [-0.39, 0.29) is 6.04 Å². The second-order valence-electron chi connectivity index (χ2n) is 4.07. The van der Waals surface area contributed by atoms with Crippen LogP contribution in [0, 0.1) is 6.92 Å². The van der Waals surface area contributed by atoms with Crippen molar-refractivity contribution in [1.82, 2.24) is 15.2 Å². The lowest BCUT2D eigenvalue weighted by Gasteiger charge is -2.18. The maximum Gasteiger partial charge on any atom is 0.0758 e. The van der Waals surface area contributed by atoms with Crippen LogP contribution in [0.15, 0.2) is 24.4 Å². The van der Waals surface area contributed by atoms with Gasteiger partial charge in [-0.15, -0.1) is 0 Å². The van der Waals surface area contributed by atoms with Crippen molar-refractivity contribution in [1.29, 1.82) is 0 Å². The van der Waals surface area contributed by atoms with Crippen LogP contribution in [-0.4, -0.2) is 9.78 Å². The van der Waals surface area contributed by atoms with Crippen LogP contribution >= 0.6 is 23.2 Å². The molecule has 0 aliphatic heterocycles. The van der Waals surface area contributed by atoms with Crippen molar-refractivity contribution in [2.24, 2.45) is 12.9 Å². The third kappa shape index (κ3) is 2.37. The number of rotatable bonds is 3. The molecule has 0 radical (unpaired) electrons. The Kier molecular flexibility index (Phi) is 3.92. The number of halogens is 2. The van der Waals surface area contributed by atoms with Crippen molar-refractivity contribution in [2.45, 2.75) is 13.0 Å². The molecule has 4 nitrogen and oxygen atoms in total. The second kappa shape index (κ2) is 5.28. The van der Waals surface area contributed by atoms with Crippen molar-refractivity contribution in [3.05, 3.63) is 51.3 Å². The van der Waals surface area contributed by atoms with E-state index in [1.165, 1.54) is 0 Å². The van der Waals surface area contributed by atoms with Crippen molar-refractivity contribution in [3.8, 4) is 0 Å². The van der Waals surface area contributed by atoms with Gasteiger partial charge >= 0.3 is 0 Å². The number of aromatic nitrogens is 2. The topological polar surface area (TPSA) is 55.9 Å². The number of benzene rings is 1. The molecule has 2 aromatic rings. The van der Waals surface area contributed by atoms with E-state index in [9.17, 15) is 0 Å². The predicted octanol–water partition coefficient (Wildman–Crippen LogP) is 2.59. The number of nitrogens with one attached hydrogen (secondary N) is 1. The first-order valence-electron chi connectivity index (χ1n) is 5.44. The van der Waals surface area contributed by atoms with Gasteiger partial charge in [0, 0.05) is 28.4 Å². The molecular weight excluding hydrogens is 271 g/mol. The van der Waals surface area contributed by atoms with E-state index >= 15 is 0 Å². The summed E-state index contributed by atoms with van der Waals surface area (Å²) in [4.78, 5) is 0. The van der Waals surface area contributed by atoms with Crippen LogP contribution in [0.3, 0.4) is 0 Å². The third-order valence-electron chi connectivity index (χ3n) is 3.02. The first kappa shape index (κ1) is 13.4. The first-order valence-corrected chi connectivity index (χ1v) is 6.19. The van der Waals surface area contributed by atoms with Crippen LogP contribution in [0.2, 0.25) is 10.0 Å². The van der Waals surface area contributed by atoms with Gasteiger partial charge in [0.2, 0.25) is 0 Å². The van der Waals surface area contributed by atoms with Crippen LogP contribution in [0.25, 0.3) is 0 Å². The SMILES string of the molecule is Cc1c(C(NN)c2cc(Cl)ccc2Cl)cnn1C. The van der Waals surface area contributed by atoms with Crippen LogP contribution in [0.1, 0.15) is 22.9 Å². The summed E-state index contributed by atoms with van der Waals surface area (Å²) in [6.45, 7) is 1.98. The lowest BCUT2D eigenvalue weighted by molar-refractivity contribution is 0.630. The van der Waals surface area contributed by atoms with Gasteiger partial charge in [-0.05, 0) is 30.7 Å². The van der Waals surface area contributed by atoms with Gasteiger partial charge in [0.15, 0.2) is 0 Å². The van der Waals surface area contributed by atoms with Gasteiger partial charge < -0.3 is 0 Å². The van der Waals surface area contributed by atoms with Gasteiger partial charge in [0.05, 0.1) is 12.2 Å². The molecule has 0 saturated carbocycles. The molecule has 0 saturated heterocycles. The smallest absolute Gasteiger partial charge is 0.0758 e. The van der Waals surface area contributed by atoms with Gasteiger partial charge in [-0.3, -0.25) is 10.5 Å². The third-order valence-corrected chi connectivity index (χ3v) is 3.60. The maximum atomic E-state index is 6.20. The van der Waals surface area contributed by atoms with E-state index in [0.717, 1.165) is 16.8 Å². The summed E-state index contributed by atoms with van der Waals surface area (Å²) in [5.74, 6) is 5.65. The number of hydrogen-bond acceptors (Lipinski definition) is 3. The van der Waals surface area contributed by atoms with Crippen molar-refractivity contribution in [2.75, 3.05) is 0 Å². The second-order valence-corrected chi connectivity index (χ2v) is 4.92. The lowest BCUT2D eigenvalue weighted by Crippen LogP contribution is -2.29. The van der Waals surface area contributed by atoms with Crippen molar-refractivity contribution >= 4 is 23.2 Å². The van der Waals surface area contributed by atoms with Gasteiger partial charge in [-0.2, -0.15) is 5.10 Å². The molecule has 0 aliphatic carbocycles. The summed E-state index contributed by atoms with van der Waals surface area (Å²) in [5, 5.41) is 5.45. The molecule has 18 heavy (non-hydrogen) atoms. The minimum absolute atomic E-state index is 0.232. The number of nitrogens with zero attached hydrogens (tertiary/aromatic N) is 2. The molecule has 0 fully saturated rings. The zero-order valence-electron chi connectivity index (χ0n) is 10.1. The Bertz CT molecular complexity index is 565. The highest BCUT2D eigenvalue weighted by Gasteiger charge is 2.20. The molecule has 1 aromatic heterocycles. The Morgan fingerprint density at radius 2 is 2.06 bits per heavy atom. The average molecular weight is 285 g/mol. The van der Waals surface area contributed by atoms with E-state index in [2.05, 4.69) is 10.5 Å². The zero-order chi connectivity index (χ0) is 13.3. The molecule has 6 heteroatoms. The molecule has 0 bridgehead atoms. The molecular formula is C12H14Cl2N4. The minimum Gasteiger partial charge on any atom is -0.273 e. The Labute approximate surface area is 116 Å². The largest absolute Gasteiger partial charge is 0.273 e. The molecule has 0 amide bonds. The fourth-order valence-electron chi connectivity index (χ4n) is 1.88. The summed E-state index contributed by atoms with van der Waals surface area (Å²) < 4.78 is 1.79. The van der Waals surface area contributed by atoms with Crippen LogP contribution < -0.4 is 11.3 Å². The highest BCUT2D eigenvalue weighted by Crippen LogP contribution is 2.31. The van der Waals surface area contributed by atoms with Crippen LogP contribution in [0.5, 0.6) is 0 Å². The van der Waals surface area contributed by atoms with Crippen molar-refractivity contribution < 1.29 is 0 Å². The highest BCUT2D eigenvalue weighted by atomic mass is 35.5. The zero-order valence-corrected chi connectivity index (χ0v) is 11.6. The Morgan fingerprint density at radius 1 is 1.33 bits per heavy atom. The Hall–Kier alpha value is -1.07. The highest BCUT2D eigenvalue weighted by molar-refractivity contribution is 6.33. The Balaban J connectivity index is 2.51. The average Bonchev–Trinajstić information content (AvgIpc) is 2.67.